The van der Waals surface area contributed by atoms with Crippen molar-refractivity contribution in [2.24, 2.45) is 0 Å². The van der Waals surface area contributed by atoms with Crippen molar-refractivity contribution in [1.82, 2.24) is 5.32 Å². The summed E-state index contributed by atoms with van der Waals surface area (Å²) in [5.41, 5.74) is 2.96. The molecule has 5 heteroatoms. The molecule has 2 rings (SSSR count). The normalized spacial score (nSPS) is 23.7. The first-order chi connectivity index (χ1) is 8.42. The molecule has 0 aromatic heterocycles. The van der Waals surface area contributed by atoms with Crippen LogP contribution in [0.15, 0.2) is 18.2 Å². The summed E-state index contributed by atoms with van der Waals surface area (Å²) >= 11 is 0. The predicted octanol–water partition coefficient (Wildman–Crippen LogP) is 1.43. The van der Waals surface area contributed by atoms with Crippen LogP contribution in [0.25, 0.3) is 0 Å². The Bertz CT molecular complexity index is 540. The predicted molar refractivity (Wildman–Crippen MR) is 74.5 cm³/mol. The van der Waals surface area contributed by atoms with Gasteiger partial charge in [-0.15, -0.1) is 0 Å². The molecule has 1 unspecified atom stereocenters. The quantitative estimate of drug-likeness (QED) is 0.838. The monoisotopic (exact) mass is 268 g/mol. The highest BCUT2D eigenvalue weighted by Crippen LogP contribution is 2.27. The number of sulfonamides is 1. The van der Waals surface area contributed by atoms with Crippen LogP contribution in [0, 0.1) is 13.8 Å². The third-order valence-electron chi connectivity index (χ3n) is 3.27. The number of benzene rings is 1. The minimum atomic E-state index is -3.23. The standard InChI is InChI=1S/C13H20N2O2S/c1-10-4-5-13(11(2)8-10)15-12(3)9-14-6-7-18(15,16)17/h4-5,8,12,14H,6-7,9H2,1-3H3. The molecule has 1 fully saturated rings. The van der Waals surface area contributed by atoms with Crippen molar-refractivity contribution in [2.45, 2.75) is 26.8 Å². The number of nitrogens with zero attached hydrogens (tertiary/aromatic N) is 1. The molecule has 1 aromatic carbocycles. The lowest BCUT2D eigenvalue weighted by Crippen LogP contribution is -2.41. The summed E-state index contributed by atoms with van der Waals surface area (Å²) in [6.45, 7) is 7.12. The number of aryl methyl sites for hydroxylation is 2. The molecule has 0 bridgehead atoms. The first-order valence-electron chi connectivity index (χ1n) is 6.22. The van der Waals surface area contributed by atoms with Crippen LogP contribution in [0.3, 0.4) is 0 Å². The molecule has 1 aliphatic rings. The van der Waals surface area contributed by atoms with Crippen molar-refractivity contribution in [3.05, 3.63) is 29.3 Å². The summed E-state index contributed by atoms with van der Waals surface area (Å²) < 4.78 is 26.2. The molecular weight excluding hydrogens is 248 g/mol. The van der Waals surface area contributed by atoms with Gasteiger partial charge in [0.05, 0.1) is 17.5 Å². The number of anilines is 1. The van der Waals surface area contributed by atoms with Gasteiger partial charge in [-0.3, -0.25) is 4.31 Å². The van der Waals surface area contributed by atoms with Crippen molar-refractivity contribution in [3.63, 3.8) is 0 Å². The number of nitrogens with one attached hydrogen (secondary N) is 1. The van der Waals surface area contributed by atoms with Crippen LogP contribution in [0.4, 0.5) is 5.69 Å². The van der Waals surface area contributed by atoms with Gasteiger partial charge in [-0.2, -0.15) is 0 Å². The van der Waals surface area contributed by atoms with Gasteiger partial charge in [-0.05, 0) is 32.4 Å². The molecule has 4 nitrogen and oxygen atoms in total. The minimum absolute atomic E-state index is 0.0566. The van der Waals surface area contributed by atoms with E-state index < -0.39 is 10.0 Å². The second-order valence-electron chi connectivity index (χ2n) is 4.95. The molecular formula is C13H20N2O2S. The zero-order valence-corrected chi connectivity index (χ0v) is 11.9. The molecule has 0 saturated carbocycles. The Kier molecular flexibility index (Phi) is 3.64. The zero-order valence-electron chi connectivity index (χ0n) is 11.1. The van der Waals surface area contributed by atoms with E-state index in [1.54, 1.807) is 4.31 Å². The molecule has 0 spiro atoms. The molecule has 1 aromatic rings. The largest absolute Gasteiger partial charge is 0.314 e. The average molecular weight is 268 g/mol. The van der Waals surface area contributed by atoms with Crippen LogP contribution >= 0.6 is 0 Å². The van der Waals surface area contributed by atoms with Crippen LogP contribution in [-0.2, 0) is 10.0 Å². The van der Waals surface area contributed by atoms with Gasteiger partial charge in [-0.25, -0.2) is 8.42 Å². The topological polar surface area (TPSA) is 49.4 Å². The minimum Gasteiger partial charge on any atom is -0.314 e. The highest BCUT2D eigenvalue weighted by molar-refractivity contribution is 7.92. The van der Waals surface area contributed by atoms with Gasteiger partial charge >= 0.3 is 0 Å². The maximum Gasteiger partial charge on any atom is 0.236 e. The fourth-order valence-electron chi connectivity index (χ4n) is 2.41. The first-order valence-corrected chi connectivity index (χ1v) is 7.83. The van der Waals surface area contributed by atoms with Crippen LogP contribution in [0.1, 0.15) is 18.1 Å². The Morgan fingerprint density at radius 2 is 2.06 bits per heavy atom. The molecule has 100 valence electrons. The maximum absolute atomic E-state index is 12.3. The van der Waals surface area contributed by atoms with Crippen LogP contribution in [0.2, 0.25) is 0 Å². The Balaban J connectivity index is 2.51. The van der Waals surface area contributed by atoms with E-state index in [9.17, 15) is 8.42 Å². The van der Waals surface area contributed by atoms with Gasteiger partial charge in [-0.1, -0.05) is 17.7 Å². The first kappa shape index (κ1) is 13.4. The molecule has 1 saturated heterocycles. The Hall–Kier alpha value is -1.07. The van der Waals surface area contributed by atoms with Crippen molar-refractivity contribution in [1.29, 1.82) is 0 Å². The fraction of sp³-hybridized carbons (Fsp3) is 0.538. The molecule has 1 aliphatic heterocycles. The molecule has 1 heterocycles. The van der Waals surface area contributed by atoms with Crippen LogP contribution < -0.4 is 9.62 Å². The summed E-state index contributed by atoms with van der Waals surface area (Å²) in [6.07, 6.45) is 0. The highest BCUT2D eigenvalue weighted by Gasteiger charge is 2.30. The maximum atomic E-state index is 12.3. The second kappa shape index (κ2) is 4.90. The number of hydrogen-bond donors (Lipinski definition) is 1. The van der Waals surface area contributed by atoms with Crippen molar-refractivity contribution in [2.75, 3.05) is 23.1 Å². The lowest BCUT2D eigenvalue weighted by molar-refractivity contribution is 0.585. The molecule has 0 radical (unpaired) electrons. The SMILES string of the molecule is Cc1ccc(N2C(C)CNCCS2(=O)=O)c(C)c1. The van der Waals surface area contributed by atoms with E-state index in [2.05, 4.69) is 5.32 Å². The Labute approximate surface area is 109 Å². The summed E-state index contributed by atoms with van der Waals surface area (Å²) in [4.78, 5) is 0. The number of hydrogen-bond acceptors (Lipinski definition) is 3. The van der Waals surface area contributed by atoms with Gasteiger partial charge < -0.3 is 5.32 Å². The van der Waals surface area contributed by atoms with Crippen molar-refractivity contribution in [3.8, 4) is 0 Å². The highest BCUT2D eigenvalue weighted by atomic mass is 32.2. The summed E-state index contributed by atoms with van der Waals surface area (Å²) in [5, 5.41) is 3.16. The van der Waals surface area contributed by atoms with E-state index >= 15 is 0 Å². The third-order valence-corrected chi connectivity index (χ3v) is 5.14. The van der Waals surface area contributed by atoms with E-state index in [1.165, 1.54) is 0 Å². The summed E-state index contributed by atoms with van der Waals surface area (Å²) in [6, 6.07) is 5.84. The van der Waals surface area contributed by atoms with Gasteiger partial charge in [0, 0.05) is 13.1 Å². The second-order valence-corrected chi connectivity index (χ2v) is 6.92. The van der Waals surface area contributed by atoms with Crippen LogP contribution in [0.5, 0.6) is 0 Å². The van der Waals surface area contributed by atoms with Gasteiger partial charge in [0.15, 0.2) is 0 Å². The smallest absolute Gasteiger partial charge is 0.236 e. The molecule has 18 heavy (non-hydrogen) atoms. The van der Waals surface area contributed by atoms with E-state index in [1.807, 2.05) is 39.0 Å². The lowest BCUT2D eigenvalue weighted by atomic mass is 10.1. The Morgan fingerprint density at radius 3 is 2.72 bits per heavy atom. The van der Waals surface area contributed by atoms with Crippen molar-refractivity contribution >= 4 is 15.7 Å². The summed E-state index contributed by atoms with van der Waals surface area (Å²) in [5.74, 6) is 0.157. The van der Waals surface area contributed by atoms with E-state index in [4.69, 9.17) is 0 Å². The van der Waals surface area contributed by atoms with E-state index in [-0.39, 0.29) is 11.8 Å². The van der Waals surface area contributed by atoms with Gasteiger partial charge in [0.1, 0.15) is 0 Å². The van der Waals surface area contributed by atoms with E-state index in [0.717, 1.165) is 16.8 Å². The van der Waals surface area contributed by atoms with Gasteiger partial charge in [0.25, 0.3) is 0 Å². The third kappa shape index (κ3) is 2.52. The van der Waals surface area contributed by atoms with Crippen molar-refractivity contribution < 1.29 is 8.42 Å². The fourth-order valence-corrected chi connectivity index (χ4v) is 4.13. The molecule has 0 aliphatic carbocycles. The summed E-state index contributed by atoms with van der Waals surface area (Å²) in [7, 11) is -3.23. The van der Waals surface area contributed by atoms with Gasteiger partial charge in [0.2, 0.25) is 10.0 Å². The molecule has 1 N–H and O–H groups in total. The van der Waals surface area contributed by atoms with E-state index in [0.29, 0.717) is 13.1 Å². The average Bonchev–Trinajstić information content (AvgIpc) is 2.39. The Morgan fingerprint density at radius 1 is 1.33 bits per heavy atom. The lowest BCUT2D eigenvalue weighted by Gasteiger charge is -2.29. The molecule has 0 amide bonds. The van der Waals surface area contributed by atoms with Crippen LogP contribution in [-0.4, -0.2) is 33.3 Å². The zero-order chi connectivity index (χ0) is 13.3. The molecule has 1 atom stereocenters. The number of rotatable bonds is 1.